The molecule has 1 N–H and O–H groups in total. The molecule has 2 aromatic rings. The van der Waals surface area contributed by atoms with Crippen LogP contribution >= 0.6 is 0 Å². The van der Waals surface area contributed by atoms with Gasteiger partial charge >= 0.3 is 6.09 Å². The molecule has 1 amide bonds. The Bertz CT molecular complexity index is 1000. The predicted octanol–water partition coefficient (Wildman–Crippen LogP) is 5.06. The number of aliphatic hydroxyl groups is 1. The molecule has 190 valence electrons. The Labute approximate surface area is 208 Å². The zero-order chi connectivity index (χ0) is 25.6. The Morgan fingerprint density at radius 2 is 1.83 bits per heavy atom. The Morgan fingerprint density at radius 3 is 2.43 bits per heavy atom. The van der Waals surface area contributed by atoms with E-state index >= 15 is 0 Å². The second-order valence-electron chi connectivity index (χ2n) is 9.67. The van der Waals surface area contributed by atoms with Gasteiger partial charge in [0, 0.05) is 0 Å². The number of hydrogen-bond donors (Lipinski definition) is 1. The third kappa shape index (κ3) is 6.55. The van der Waals surface area contributed by atoms with E-state index in [4.69, 9.17) is 18.9 Å². The Kier molecular flexibility index (Phi) is 8.81. The molecule has 0 aliphatic carbocycles. The fourth-order valence-electron chi connectivity index (χ4n) is 4.39. The van der Waals surface area contributed by atoms with Gasteiger partial charge in [-0.2, -0.15) is 0 Å². The van der Waals surface area contributed by atoms with Gasteiger partial charge in [0.2, 0.25) is 0 Å². The molecule has 2 aromatic carbocycles. The molecule has 35 heavy (non-hydrogen) atoms. The second-order valence-corrected chi connectivity index (χ2v) is 9.67. The van der Waals surface area contributed by atoms with Gasteiger partial charge in [-0.1, -0.05) is 36.4 Å². The predicted molar refractivity (Wildman–Crippen MR) is 135 cm³/mol. The molecule has 0 saturated carbocycles. The molecule has 0 saturated heterocycles. The van der Waals surface area contributed by atoms with Crippen molar-refractivity contribution in [1.82, 2.24) is 4.90 Å². The van der Waals surface area contributed by atoms with Gasteiger partial charge in [0.1, 0.15) is 5.60 Å². The van der Waals surface area contributed by atoms with Gasteiger partial charge in [0.05, 0.1) is 45.6 Å². The van der Waals surface area contributed by atoms with Crippen LogP contribution < -0.4 is 9.47 Å². The Hall–Kier alpha value is -3.03. The molecule has 0 unspecified atom stereocenters. The minimum atomic E-state index is -0.821. The molecular formula is C28H37NO6. The number of ether oxygens (including phenoxy) is 4. The van der Waals surface area contributed by atoms with Crippen LogP contribution in [0.4, 0.5) is 4.79 Å². The number of aliphatic hydroxyl groups excluding tert-OH is 1. The van der Waals surface area contributed by atoms with Crippen molar-refractivity contribution >= 4 is 6.09 Å². The Balaban J connectivity index is 2.04. The van der Waals surface area contributed by atoms with Crippen molar-refractivity contribution in [3.63, 3.8) is 0 Å². The highest BCUT2D eigenvalue weighted by Gasteiger charge is 2.43. The molecule has 1 aliphatic rings. The largest absolute Gasteiger partial charge is 0.493 e. The summed E-state index contributed by atoms with van der Waals surface area (Å²) in [6.45, 7) is 9.85. The van der Waals surface area contributed by atoms with Gasteiger partial charge in [-0.3, -0.25) is 4.90 Å². The summed E-state index contributed by atoms with van der Waals surface area (Å²) in [5.41, 5.74) is 2.17. The molecule has 1 aliphatic heterocycles. The number of rotatable bonds is 9. The van der Waals surface area contributed by atoms with Gasteiger partial charge in [0.25, 0.3) is 0 Å². The van der Waals surface area contributed by atoms with Gasteiger partial charge in [0.15, 0.2) is 11.5 Å². The average molecular weight is 484 g/mol. The topological polar surface area (TPSA) is 77.5 Å². The highest BCUT2D eigenvalue weighted by atomic mass is 16.6. The van der Waals surface area contributed by atoms with Crippen LogP contribution in [0, 0.1) is 0 Å². The minimum Gasteiger partial charge on any atom is -0.493 e. The van der Waals surface area contributed by atoms with Crippen LogP contribution in [0.3, 0.4) is 0 Å². The molecule has 0 bridgehead atoms. The van der Waals surface area contributed by atoms with E-state index in [1.165, 1.54) is 0 Å². The molecule has 1 heterocycles. The van der Waals surface area contributed by atoms with Crippen LogP contribution in [0.2, 0.25) is 0 Å². The number of amides is 1. The van der Waals surface area contributed by atoms with E-state index in [-0.39, 0.29) is 6.61 Å². The summed E-state index contributed by atoms with van der Waals surface area (Å²) in [6.07, 6.45) is 1.10. The van der Waals surface area contributed by atoms with E-state index in [1.807, 2.05) is 63.2 Å². The molecule has 0 fully saturated rings. The summed E-state index contributed by atoms with van der Waals surface area (Å²) >= 11 is 0. The van der Waals surface area contributed by atoms with Crippen LogP contribution in [0.25, 0.3) is 0 Å². The number of nitrogens with zero attached hydrogens (tertiary/aromatic N) is 1. The monoisotopic (exact) mass is 483 g/mol. The molecule has 7 heteroatoms. The second kappa shape index (κ2) is 11.6. The normalized spacial score (nSPS) is 18.4. The first-order valence-electron chi connectivity index (χ1n) is 11.8. The summed E-state index contributed by atoms with van der Waals surface area (Å²) in [4.78, 5) is 15.1. The number of fused-ring (bicyclic) bond motifs is 1. The number of hydrogen-bond acceptors (Lipinski definition) is 6. The fourth-order valence-corrected chi connectivity index (χ4v) is 4.39. The minimum absolute atomic E-state index is 0.216. The summed E-state index contributed by atoms with van der Waals surface area (Å²) in [6, 6.07) is 12.6. The summed E-state index contributed by atoms with van der Waals surface area (Å²) in [7, 11) is 3.17. The maximum absolute atomic E-state index is 13.5. The fraction of sp³-hybridized carbons (Fsp3) is 0.464. The lowest BCUT2D eigenvalue weighted by Crippen LogP contribution is -2.54. The number of carbonyl (C=O) groups excluding carboxylic acids is 1. The third-order valence-electron chi connectivity index (χ3n) is 5.97. The van der Waals surface area contributed by atoms with Crippen molar-refractivity contribution in [1.29, 1.82) is 0 Å². The zero-order valence-electron chi connectivity index (χ0n) is 21.3. The van der Waals surface area contributed by atoms with Crippen LogP contribution in [0.1, 0.15) is 49.9 Å². The van der Waals surface area contributed by atoms with Crippen molar-refractivity contribution in [2.75, 3.05) is 20.8 Å². The molecular weight excluding hydrogens is 446 g/mol. The Morgan fingerprint density at radius 1 is 1.17 bits per heavy atom. The quantitative estimate of drug-likeness (QED) is 0.503. The first-order chi connectivity index (χ1) is 16.7. The molecule has 0 aromatic heterocycles. The molecule has 7 nitrogen and oxygen atoms in total. The lowest BCUT2D eigenvalue weighted by molar-refractivity contribution is -0.0424. The van der Waals surface area contributed by atoms with Crippen molar-refractivity contribution < 1.29 is 28.8 Å². The van der Waals surface area contributed by atoms with E-state index in [1.54, 1.807) is 25.2 Å². The van der Waals surface area contributed by atoms with Crippen molar-refractivity contribution in [3.05, 3.63) is 71.8 Å². The van der Waals surface area contributed by atoms with Gasteiger partial charge in [-0.25, -0.2) is 4.79 Å². The number of benzene rings is 2. The lowest BCUT2D eigenvalue weighted by Gasteiger charge is -2.45. The van der Waals surface area contributed by atoms with E-state index in [0.717, 1.165) is 16.7 Å². The van der Waals surface area contributed by atoms with Crippen molar-refractivity contribution in [2.45, 2.75) is 64.0 Å². The van der Waals surface area contributed by atoms with E-state index in [0.29, 0.717) is 30.9 Å². The van der Waals surface area contributed by atoms with Gasteiger partial charge in [-0.15, -0.1) is 6.58 Å². The van der Waals surface area contributed by atoms with E-state index in [2.05, 4.69) is 6.58 Å². The third-order valence-corrected chi connectivity index (χ3v) is 5.97. The lowest BCUT2D eigenvalue weighted by atomic mass is 9.85. The van der Waals surface area contributed by atoms with Gasteiger partial charge < -0.3 is 24.1 Å². The maximum atomic E-state index is 13.5. The van der Waals surface area contributed by atoms with Crippen LogP contribution in [0.5, 0.6) is 11.5 Å². The summed E-state index contributed by atoms with van der Waals surface area (Å²) in [5, 5.41) is 11.0. The maximum Gasteiger partial charge on any atom is 0.411 e. The molecule has 3 rings (SSSR count). The van der Waals surface area contributed by atoms with E-state index < -0.39 is 29.9 Å². The summed E-state index contributed by atoms with van der Waals surface area (Å²) in [5.74, 6) is 1.16. The smallest absolute Gasteiger partial charge is 0.411 e. The highest BCUT2D eigenvalue weighted by molar-refractivity contribution is 5.70. The number of carbonyl (C=O) groups is 1. The van der Waals surface area contributed by atoms with Crippen LogP contribution in [0.15, 0.2) is 55.1 Å². The molecule has 0 radical (unpaired) electrons. The van der Waals surface area contributed by atoms with Crippen LogP contribution in [-0.2, 0) is 22.5 Å². The SMILES string of the molecule is C=CC[C@@H](O)[C@@H]1Cc2cc(OC)c(OC)cc2[C@H](COCc2ccccc2)N1C(=O)OC(C)(C)C. The summed E-state index contributed by atoms with van der Waals surface area (Å²) < 4.78 is 23.0. The first kappa shape index (κ1) is 26.6. The highest BCUT2D eigenvalue weighted by Crippen LogP contribution is 2.41. The standard InChI is InChI=1S/C28H37NO6/c1-7-11-24(30)22-14-20-15-25(32-5)26(33-6)16-21(20)23(29(22)27(31)35-28(2,3)4)18-34-17-19-12-9-8-10-13-19/h7-10,12-13,15-16,22-24,30H,1,11,14,17-18H2,2-6H3/t22-,23-,24+/m0/s1. The first-order valence-corrected chi connectivity index (χ1v) is 11.8. The van der Waals surface area contributed by atoms with Crippen LogP contribution in [-0.4, -0.2) is 54.7 Å². The molecule has 0 spiro atoms. The number of methoxy groups -OCH3 is 2. The average Bonchev–Trinajstić information content (AvgIpc) is 2.82. The molecule has 3 atom stereocenters. The van der Waals surface area contributed by atoms with E-state index in [9.17, 15) is 9.90 Å². The van der Waals surface area contributed by atoms with Crippen molar-refractivity contribution in [3.8, 4) is 11.5 Å². The van der Waals surface area contributed by atoms with Gasteiger partial charge in [-0.05, 0) is 62.4 Å². The zero-order valence-corrected chi connectivity index (χ0v) is 21.3. The van der Waals surface area contributed by atoms with Crippen molar-refractivity contribution in [2.24, 2.45) is 0 Å².